The van der Waals surface area contributed by atoms with Crippen LogP contribution in [0.4, 0.5) is 0 Å². The Balaban J connectivity index is 1.51. The van der Waals surface area contributed by atoms with E-state index >= 15 is 0 Å². The van der Waals surface area contributed by atoms with Gasteiger partial charge in [0.05, 0.1) is 22.8 Å². The lowest BCUT2D eigenvalue weighted by molar-refractivity contribution is 0.475. The molecule has 0 amide bonds. The first kappa shape index (κ1) is 36.7. The quantitative estimate of drug-likeness (QED) is 0.104. The molecule has 2 aliphatic rings. The van der Waals surface area contributed by atoms with E-state index < -0.39 is 0 Å². The van der Waals surface area contributed by atoms with Crippen LogP contribution in [0.5, 0.6) is 23.0 Å². The zero-order valence-electron chi connectivity index (χ0n) is 29.3. The molecule has 0 atom stereocenters. The predicted molar refractivity (Wildman–Crippen MR) is 235 cm³/mol. The number of aromatic amines is 2. The number of hydrogen-bond acceptors (Lipinski definition) is 6. The number of H-pyrrole nitrogens is 2. The Hall–Kier alpha value is -4.88. The third-order valence-corrected chi connectivity index (χ3v) is 13.0. The number of aryl methyl sites for hydroxylation is 4. The number of phenolic OH excluding ortho intramolecular Hbond substituents is 4. The highest BCUT2D eigenvalue weighted by atomic mass is 79.9. The fourth-order valence-electron chi connectivity index (χ4n) is 7.76. The highest BCUT2D eigenvalue weighted by Gasteiger charge is 2.25. The molecule has 2 aliphatic heterocycles. The average Bonchev–Trinajstić information content (AvgIpc) is 4.01. The number of nitrogens with one attached hydrogen (secondary N) is 2. The van der Waals surface area contributed by atoms with Crippen LogP contribution < -0.4 is 0 Å². The van der Waals surface area contributed by atoms with Crippen LogP contribution in [0.3, 0.4) is 0 Å². The summed E-state index contributed by atoms with van der Waals surface area (Å²) in [7, 11) is 0. The van der Waals surface area contributed by atoms with Crippen LogP contribution >= 0.6 is 63.7 Å². The van der Waals surface area contributed by atoms with Gasteiger partial charge in [-0.1, -0.05) is 63.7 Å². The van der Waals surface area contributed by atoms with Crippen molar-refractivity contribution in [3.05, 3.63) is 138 Å². The first-order valence-electron chi connectivity index (χ1n) is 17.7. The molecule has 6 N–H and O–H groups in total. The summed E-state index contributed by atoms with van der Waals surface area (Å²) in [6.45, 7) is 0. The van der Waals surface area contributed by atoms with Crippen molar-refractivity contribution < 1.29 is 20.4 Å². The molecule has 4 aromatic carbocycles. The summed E-state index contributed by atoms with van der Waals surface area (Å²) in [5.41, 5.74) is 12.8. The topological polar surface area (TPSA) is 138 Å². The van der Waals surface area contributed by atoms with E-state index in [0.717, 1.165) is 107 Å². The number of nitrogens with zero attached hydrogens (tertiary/aromatic N) is 2. The van der Waals surface area contributed by atoms with E-state index in [9.17, 15) is 20.4 Å². The normalized spacial score (nSPS) is 12.6. The summed E-state index contributed by atoms with van der Waals surface area (Å²) in [6, 6.07) is 28.9. The fourth-order valence-corrected chi connectivity index (χ4v) is 9.54. The summed E-state index contributed by atoms with van der Waals surface area (Å²) >= 11 is 15.0. The van der Waals surface area contributed by atoms with Gasteiger partial charge in [0.1, 0.15) is 23.0 Å². The molecular formula is C44H30Br4N4O4. The molecule has 0 saturated carbocycles. The maximum Gasteiger partial charge on any atom is 0.116 e. The molecule has 56 heavy (non-hydrogen) atoms. The van der Waals surface area contributed by atoms with Gasteiger partial charge in [-0.15, -0.1) is 0 Å². The Bertz CT molecular complexity index is 2550. The minimum absolute atomic E-state index is 0.122. The van der Waals surface area contributed by atoms with Crippen LogP contribution in [0.1, 0.15) is 22.8 Å². The van der Waals surface area contributed by atoms with E-state index in [2.05, 4.69) is 73.7 Å². The molecule has 12 heteroatoms. The van der Waals surface area contributed by atoms with Crippen LogP contribution in [0, 0.1) is 0 Å². The summed E-state index contributed by atoms with van der Waals surface area (Å²) < 4.78 is 3.17. The molecule has 8 nitrogen and oxygen atoms in total. The van der Waals surface area contributed by atoms with E-state index in [1.54, 1.807) is 48.5 Å². The molecule has 3 aromatic heterocycles. The van der Waals surface area contributed by atoms with Gasteiger partial charge in [0.15, 0.2) is 0 Å². The fraction of sp³-hybridized carbons (Fsp3) is 0.0909. The summed E-state index contributed by atoms with van der Waals surface area (Å²) in [6.07, 6.45) is 2.40. The molecule has 8 bridgehead atoms. The summed E-state index contributed by atoms with van der Waals surface area (Å²) in [4.78, 5) is 18.2. The number of phenols is 4. The number of fused-ring (bicyclic) bond motifs is 8. The lowest BCUT2D eigenvalue weighted by Crippen LogP contribution is -1.91. The third kappa shape index (κ3) is 6.62. The van der Waals surface area contributed by atoms with Crippen molar-refractivity contribution in [3.63, 3.8) is 0 Å². The van der Waals surface area contributed by atoms with Gasteiger partial charge in [-0.3, -0.25) is 9.97 Å². The first-order chi connectivity index (χ1) is 27.0. The largest absolute Gasteiger partial charge is 0.508 e. The van der Waals surface area contributed by atoms with Crippen molar-refractivity contribution in [1.82, 2.24) is 19.9 Å². The van der Waals surface area contributed by atoms with E-state index in [0.29, 0.717) is 25.7 Å². The molecule has 278 valence electrons. The molecule has 0 fully saturated rings. The SMILES string of the molecule is Oc1ccc(Br)c(-c2c3nc(c(-c4cc(O)ccc4Br)c4ccc([nH]4)c(-c4cc(O)ccc4Br)c4nc(c(-c5cc(O)ccc5Br)c5ccc2[nH]5)CC4)CC3)c1. The second kappa shape index (κ2) is 14.6. The van der Waals surface area contributed by atoms with Crippen molar-refractivity contribution in [2.24, 2.45) is 0 Å². The maximum absolute atomic E-state index is 10.8. The Morgan fingerprint density at radius 3 is 0.821 bits per heavy atom. The molecule has 0 radical (unpaired) electrons. The highest BCUT2D eigenvalue weighted by molar-refractivity contribution is 9.11. The van der Waals surface area contributed by atoms with Crippen molar-refractivity contribution >= 4 is 85.8 Å². The molecule has 0 spiro atoms. The van der Waals surface area contributed by atoms with Crippen LogP contribution in [0.25, 0.3) is 66.6 Å². The van der Waals surface area contributed by atoms with Crippen LogP contribution in [0.15, 0.2) is 115 Å². The molecule has 0 unspecified atom stereocenters. The monoisotopic (exact) mass is 994 g/mol. The van der Waals surface area contributed by atoms with Gasteiger partial charge in [-0.2, -0.15) is 0 Å². The van der Waals surface area contributed by atoms with Crippen LogP contribution in [-0.2, 0) is 25.7 Å². The number of benzene rings is 4. The number of aromatic nitrogens is 4. The van der Waals surface area contributed by atoms with Crippen LogP contribution in [-0.4, -0.2) is 40.4 Å². The van der Waals surface area contributed by atoms with Crippen molar-refractivity contribution in [1.29, 1.82) is 0 Å². The van der Waals surface area contributed by atoms with E-state index in [1.165, 1.54) is 0 Å². The van der Waals surface area contributed by atoms with Gasteiger partial charge in [0, 0.05) is 84.5 Å². The van der Waals surface area contributed by atoms with E-state index in [4.69, 9.17) is 9.97 Å². The Labute approximate surface area is 354 Å². The Kier molecular flexibility index (Phi) is 9.56. The summed E-state index contributed by atoms with van der Waals surface area (Å²) in [5, 5.41) is 43.0. The van der Waals surface area contributed by atoms with Crippen molar-refractivity contribution in [2.75, 3.05) is 0 Å². The molecule has 0 aliphatic carbocycles. The van der Waals surface area contributed by atoms with Crippen molar-refractivity contribution in [2.45, 2.75) is 25.7 Å². The Morgan fingerprint density at radius 1 is 0.357 bits per heavy atom. The smallest absolute Gasteiger partial charge is 0.116 e. The zero-order valence-corrected chi connectivity index (χ0v) is 35.6. The maximum atomic E-state index is 10.8. The van der Waals surface area contributed by atoms with Gasteiger partial charge < -0.3 is 30.4 Å². The van der Waals surface area contributed by atoms with Crippen molar-refractivity contribution in [3.8, 4) is 67.5 Å². The lowest BCUT2D eigenvalue weighted by atomic mass is 10.00. The molecular weight excluding hydrogens is 968 g/mol. The predicted octanol–water partition coefficient (Wildman–Crippen LogP) is 12.4. The first-order valence-corrected chi connectivity index (χ1v) is 20.9. The van der Waals surface area contributed by atoms with Gasteiger partial charge >= 0.3 is 0 Å². The van der Waals surface area contributed by atoms with E-state index in [-0.39, 0.29) is 23.0 Å². The Morgan fingerprint density at radius 2 is 0.589 bits per heavy atom. The molecule has 7 aromatic rings. The number of hydrogen-bond donors (Lipinski definition) is 6. The molecule has 9 rings (SSSR count). The number of rotatable bonds is 4. The second-order valence-corrected chi connectivity index (χ2v) is 17.2. The van der Waals surface area contributed by atoms with Gasteiger partial charge in [0.2, 0.25) is 0 Å². The van der Waals surface area contributed by atoms with Gasteiger partial charge in [0.25, 0.3) is 0 Å². The average molecular weight is 998 g/mol. The summed E-state index contributed by atoms with van der Waals surface area (Å²) in [5.74, 6) is 0.489. The third-order valence-electron chi connectivity index (χ3n) is 10.2. The van der Waals surface area contributed by atoms with Crippen LogP contribution in [0.2, 0.25) is 0 Å². The number of halogens is 4. The van der Waals surface area contributed by atoms with E-state index in [1.807, 2.05) is 48.5 Å². The lowest BCUT2D eigenvalue weighted by Gasteiger charge is -2.10. The zero-order chi connectivity index (χ0) is 38.8. The molecule has 5 heterocycles. The highest BCUT2D eigenvalue weighted by Crippen LogP contribution is 2.44. The van der Waals surface area contributed by atoms with Gasteiger partial charge in [-0.05, 0) is 123 Å². The second-order valence-electron chi connectivity index (χ2n) is 13.7. The molecule has 0 saturated heterocycles. The number of aromatic hydroxyl groups is 4. The minimum atomic E-state index is 0.122. The minimum Gasteiger partial charge on any atom is -0.508 e. The standard InChI is InChI=1S/C44H30Br4N4O4/c45-29-5-1-21(53)17-25(29)41-33-9-11-35(49-33)42(26-18-22(54)2-6-30(26)46)37-13-15-39(51-37)44(28-20-24(56)4-8-32(28)48)40-16-14-38(52-40)43(36-12-10-34(41)50-36)27-19-23(55)3-7-31(27)47/h1-9,11,14,16-20,49,52-56H,10,12-13,15H2. The van der Waals surface area contributed by atoms with Gasteiger partial charge in [-0.25, -0.2) is 0 Å².